The molecule has 12 amide bonds. The van der Waals surface area contributed by atoms with Crippen molar-refractivity contribution in [3.63, 3.8) is 0 Å². The molecule has 5 N–H and O–H groups in total. The van der Waals surface area contributed by atoms with Crippen molar-refractivity contribution in [3.8, 4) is 0 Å². The number of carbonyl (C=O) groups is 12. The Bertz CT molecular complexity index is 2760. The number of nitrogens with zero attached hydrogens (tertiary/aromatic N) is 8. The van der Waals surface area contributed by atoms with Gasteiger partial charge >= 0.3 is 0 Å². The minimum Gasteiger partial charge on any atom is -0.343 e. The van der Waals surface area contributed by atoms with E-state index in [1.165, 1.54) is 82.8 Å². The van der Waals surface area contributed by atoms with Gasteiger partial charge in [-0.2, -0.15) is 0 Å². The molecule has 0 bridgehead atoms. The van der Waals surface area contributed by atoms with Gasteiger partial charge in [0.1, 0.15) is 60.4 Å². The lowest BCUT2D eigenvalue weighted by atomic mass is 9.84. The summed E-state index contributed by atoms with van der Waals surface area (Å²) in [5.74, 6) is -11.8. The van der Waals surface area contributed by atoms with Crippen molar-refractivity contribution in [1.29, 1.82) is 0 Å². The molecule has 4 rings (SSSR count). The zero-order chi connectivity index (χ0) is 74.7. The molecule has 4 fully saturated rings. The molecule has 1 saturated carbocycles. The molecule has 1 aliphatic carbocycles. The molecule has 0 aromatic carbocycles. The summed E-state index contributed by atoms with van der Waals surface area (Å²) in [5, 5.41) is 14.4. The van der Waals surface area contributed by atoms with Crippen molar-refractivity contribution in [2.45, 2.75) is 277 Å². The highest BCUT2D eigenvalue weighted by Crippen LogP contribution is 2.31. The first-order valence-corrected chi connectivity index (χ1v) is 36.6. The lowest BCUT2D eigenvalue weighted by Gasteiger charge is -2.38. The van der Waals surface area contributed by atoms with Crippen LogP contribution in [0.1, 0.15) is 205 Å². The number of halogens is 2. The smallest absolute Gasteiger partial charge is 0.261 e. The van der Waals surface area contributed by atoms with Crippen LogP contribution < -0.4 is 26.6 Å². The second kappa shape index (κ2) is 39.0. The predicted octanol–water partition coefficient (Wildman–Crippen LogP) is 5.17. The second-order valence-corrected chi connectivity index (χ2v) is 31.2. The zero-order valence-electron chi connectivity index (χ0n) is 63.3. The van der Waals surface area contributed by atoms with Crippen LogP contribution in [-0.2, 0) is 57.5 Å². The molecular weight excluding hydrogens is 1280 g/mol. The van der Waals surface area contributed by atoms with Crippen molar-refractivity contribution >= 4 is 70.9 Å². The normalized spacial score (nSPS) is 28.2. The highest BCUT2D eigenvalue weighted by atomic mass is 19.3. The molecule has 3 heterocycles. The summed E-state index contributed by atoms with van der Waals surface area (Å²) in [5.41, 5.74) is 0. The quantitative estimate of drug-likeness (QED) is 0.126. The van der Waals surface area contributed by atoms with Gasteiger partial charge in [-0.05, 0) is 126 Å². The van der Waals surface area contributed by atoms with Crippen LogP contribution in [0.25, 0.3) is 0 Å². The number of nitrogens with one attached hydrogen (secondary N) is 5. The number of carbonyl (C=O) groups excluding carboxylic acids is 12. The number of rotatable bonds is 17. The van der Waals surface area contributed by atoms with Gasteiger partial charge in [-0.15, -0.1) is 0 Å². The Hall–Kier alpha value is -6.54. The lowest BCUT2D eigenvalue weighted by molar-refractivity contribution is -0.151. The highest BCUT2D eigenvalue weighted by Gasteiger charge is 2.44. The largest absolute Gasteiger partial charge is 0.343 e. The van der Waals surface area contributed by atoms with Gasteiger partial charge in [0.05, 0.1) is 19.5 Å². The number of hydrogen-bond acceptors (Lipinski definition) is 13. The molecule has 0 aromatic heterocycles. The van der Waals surface area contributed by atoms with E-state index in [4.69, 9.17) is 0 Å². The summed E-state index contributed by atoms with van der Waals surface area (Å²) in [4.78, 5) is 189. The van der Waals surface area contributed by atoms with Gasteiger partial charge in [0, 0.05) is 74.9 Å². The molecule has 25 nitrogen and oxygen atoms in total. The third-order valence-electron chi connectivity index (χ3n) is 20.4. The Morgan fingerprint density at radius 2 is 0.919 bits per heavy atom. The van der Waals surface area contributed by atoms with E-state index in [0.717, 1.165) is 53.2 Å². The van der Waals surface area contributed by atoms with E-state index in [2.05, 4.69) is 26.6 Å². The average molecular weight is 1400 g/mol. The zero-order valence-corrected chi connectivity index (χ0v) is 63.3. The minimum absolute atomic E-state index is 0.0388. The topological polar surface area (TPSA) is 291 Å². The van der Waals surface area contributed by atoms with Crippen molar-refractivity contribution in [3.05, 3.63) is 0 Å². The fourth-order valence-electron chi connectivity index (χ4n) is 14.1. The molecule has 27 heteroatoms. The summed E-state index contributed by atoms with van der Waals surface area (Å²) >= 11 is 0. The maximum atomic E-state index is 15.3. The van der Waals surface area contributed by atoms with Crippen LogP contribution in [0.4, 0.5) is 8.78 Å². The second-order valence-electron chi connectivity index (χ2n) is 31.2. The molecule has 3 aliphatic heterocycles. The van der Waals surface area contributed by atoms with Gasteiger partial charge in [0.25, 0.3) is 5.92 Å². The minimum atomic E-state index is -2.93. The summed E-state index contributed by atoms with van der Waals surface area (Å²) in [6.45, 7) is 21.2. The van der Waals surface area contributed by atoms with E-state index in [1.807, 2.05) is 69.2 Å². The van der Waals surface area contributed by atoms with Crippen LogP contribution in [-0.4, -0.2) is 258 Å². The fourth-order valence-corrected chi connectivity index (χ4v) is 14.1. The van der Waals surface area contributed by atoms with E-state index >= 15 is 19.2 Å². The van der Waals surface area contributed by atoms with Gasteiger partial charge in [0.2, 0.25) is 70.9 Å². The van der Waals surface area contributed by atoms with E-state index in [9.17, 15) is 47.1 Å². The van der Waals surface area contributed by atoms with E-state index in [1.54, 1.807) is 4.90 Å². The first kappa shape index (κ1) is 84.9. The van der Waals surface area contributed by atoms with E-state index in [0.29, 0.717) is 25.9 Å². The van der Waals surface area contributed by atoms with Crippen LogP contribution >= 0.6 is 0 Å². The molecule has 0 radical (unpaired) electrons. The summed E-state index contributed by atoms with van der Waals surface area (Å²) < 4.78 is 28.8. The Morgan fingerprint density at radius 1 is 0.465 bits per heavy atom. The molecule has 0 spiro atoms. The number of piperidine rings is 1. The molecule has 11 atom stereocenters. The Balaban J connectivity index is 1.91. The molecular formula is C72H125F2N13O12. The Kier molecular flexibility index (Phi) is 33.5. The highest BCUT2D eigenvalue weighted by molar-refractivity contribution is 6.00. The van der Waals surface area contributed by atoms with Gasteiger partial charge in [-0.25, -0.2) is 8.78 Å². The SMILES string of the molecule is CC(C)C[C@@H]1NC(=O)[C@H](C)N(C)C(=O)C[C@@H](C(=O)N2CCCCC2)NC(=O)[C@H](CC(C)C)N(C)C(=O)CN(C)C(=O)[C@H](CCC[C@@H]2CC(F)(F)CN2)NC(=O)[C@H](CC(C)C)N(C)C(=O)[C@H](CC(C)C)N(C)C(=O)[C@H](CC(C)C)NC(=O)[C@H](CC2CCCCC2)N(C)C(=O)[C@H](C)N(C)C1=O. The van der Waals surface area contributed by atoms with Crippen LogP contribution in [0.15, 0.2) is 0 Å². The molecule has 99 heavy (non-hydrogen) atoms. The van der Waals surface area contributed by atoms with Crippen LogP contribution in [0.3, 0.4) is 0 Å². The number of amides is 12. The van der Waals surface area contributed by atoms with Crippen molar-refractivity contribution in [2.75, 3.05) is 75.5 Å². The fraction of sp³-hybridized carbons (Fsp3) is 0.833. The van der Waals surface area contributed by atoms with Crippen LogP contribution in [0.5, 0.6) is 0 Å². The van der Waals surface area contributed by atoms with Crippen LogP contribution in [0.2, 0.25) is 0 Å². The number of likely N-dealkylation sites (tertiary alicyclic amines) is 1. The van der Waals surface area contributed by atoms with E-state index < -0.39 is 169 Å². The molecule has 4 aliphatic rings. The number of alkyl halides is 2. The molecule has 3 saturated heterocycles. The average Bonchev–Trinajstić information content (AvgIpc) is 1.43. The van der Waals surface area contributed by atoms with Gasteiger partial charge < -0.3 is 65.8 Å². The first-order valence-electron chi connectivity index (χ1n) is 36.6. The number of hydrogen-bond donors (Lipinski definition) is 5. The lowest BCUT2D eigenvalue weighted by Crippen LogP contribution is -2.61. The molecule has 0 unspecified atom stereocenters. The van der Waals surface area contributed by atoms with Crippen molar-refractivity contribution in [2.24, 2.45) is 35.5 Å². The van der Waals surface area contributed by atoms with Gasteiger partial charge in [-0.3, -0.25) is 57.5 Å². The number of likely N-dealkylation sites (N-methyl/N-ethyl adjacent to an activating group) is 7. The summed E-state index contributed by atoms with van der Waals surface area (Å²) in [6.07, 6.45) is 6.79. The van der Waals surface area contributed by atoms with E-state index in [-0.39, 0.29) is 93.3 Å². The maximum Gasteiger partial charge on any atom is 0.261 e. The van der Waals surface area contributed by atoms with Gasteiger partial charge in [-0.1, -0.05) is 101 Å². The monoisotopic (exact) mass is 1400 g/mol. The third kappa shape index (κ3) is 25.2. The standard InChI is InChI=1S/C72H125F2N13O12/c1-43(2)33-53-68(96)82(15)49(12)66(94)84(17)58(38-50-27-22-20-23-28-50)65(93)78-54(34-44(3)4)69(97)86(19)59(37-47(9)10)71(99)85(18)57(36-46(7)8)64(92)76-52(30-26-29-51-40-72(73,74)42-75-51)67(95)80(13)41-61(89)83(16)56(35-45(5)6)63(91)79-55(70(98)87-31-24-21-25-32-87)39-60(88)81(14)48(11)62(90)77-53/h43-59,75H,20-42H2,1-19H3,(H,76,92)(H,77,90)(H,78,93)(H,79,91)/t48-,49-,51+,52-,53-,54-,55-,56-,57-,58-,59-/m0/s1. The molecule has 564 valence electrons. The van der Waals surface area contributed by atoms with Crippen molar-refractivity contribution < 1.29 is 66.3 Å². The Labute approximate surface area is 589 Å². The maximum absolute atomic E-state index is 15.3. The van der Waals surface area contributed by atoms with Crippen molar-refractivity contribution in [1.82, 2.24) is 65.8 Å². The first-order chi connectivity index (χ1) is 46.2. The van der Waals surface area contributed by atoms with Gasteiger partial charge in [0.15, 0.2) is 0 Å². The van der Waals surface area contributed by atoms with Crippen LogP contribution in [0, 0.1) is 35.5 Å². The summed E-state index contributed by atoms with van der Waals surface area (Å²) in [6, 6.07) is -13.0. The Morgan fingerprint density at radius 3 is 1.44 bits per heavy atom. The third-order valence-corrected chi connectivity index (χ3v) is 20.4. The summed E-state index contributed by atoms with van der Waals surface area (Å²) in [7, 11) is 9.97. The predicted molar refractivity (Wildman–Crippen MR) is 375 cm³/mol. The molecule has 0 aromatic rings.